The second-order valence-electron chi connectivity index (χ2n) is 14.8. The van der Waals surface area contributed by atoms with E-state index < -0.39 is 0 Å². The first kappa shape index (κ1) is 32.4. The van der Waals surface area contributed by atoms with Crippen molar-refractivity contribution in [2.45, 2.75) is 0 Å². The Morgan fingerprint density at radius 3 is 1.62 bits per heavy atom. The summed E-state index contributed by atoms with van der Waals surface area (Å²) in [6, 6.07) is 66.3. The van der Waals surface area contributed by atoms with E-state index in [0.29, 0.717) is 17.6 Å². The fourth-order valence-corrected chi connectivity index (χ4v) is 8.78. The maximum atomic E-state index is 6.00. The van der Waals surface area contributed by atoms with Crippen molar-refractivity contribution in [3.8, 4) is 51.0 Å². The molecule has 0 bridgehead atoms. The van der Waals surface area contributed by atoms with Crippen LogP contribution in [-0.2, 0) is 0 Å². The van der Waals surface area contributed by atoms with Gasteiger partial charge in [0.15, 0.2) is 11.6 Å². The van der Waals surface area contributed by atoms with Gasteiger partial charge >= 0.3 is 0 Å². The van der Waals surface area contributed by atoms with Crippen LogP contribution >= 0.6 is 0 Å². The SMILES string of the molecule is c1ccc(-c2ccc3c(c2)c2cc4c5ccccc5c5cc(-c6cccc7ccoc67)ccc5c4cc2n3-c2nc(-c3ccccc3)nc(-c3ccccc3)n2)cc1. The number of benzene rings is 9. The van der Waals surface area contributed by atoms with Gasteiger partial charge in [-0.25, -0.2) is 4.98 Å². The minimum Gasteiger partial charge on any atom is -0.464 e. The monoisotopic (exact) mass is 740 g/mol. The second-order valence-corrected chi connectivity index (χ2v) is 14.8. The highest BCUT2D eigenvalue weighted by Gasteiger charge is 2.21. The number of hydrogen-bond acceptors (Lipinski definition) is 4. The molecule has 0 saturated carbocycles. The topological polar surface area (TPSA) is 56.7 Å². The van der Waals surface area contributed by atoms with Crippen molar-refractivity contribution in [1.29, 1.82) is 0 Å². The van der Waals surface area contributed by atoms with Crippen LogP contribution in [0.2, 0.25) is 0 Å². The zero-order valence-electron chi connectivity index (χ0n) is 31.2. The Bertz CT molecular complexity index is 3500. The summed E-state index contributed by atoms with van der Waals surface area (Å²) in [4.78, 5) is 15.5. The fraction of sp³-hybridized carbons (Fsp3) is 0. The third kappa shape index (κ3) is 5.07. The molecule has 0 fully saturated rings. The normalized spacial score (nSPS) is 11.8. The molecule has 270 valence electrons. The van der Waals surface area contributed by atoms with E-state index in [-0.39, 0.29) is 0 Å². The first-order chi connectivity index (χ1) is 28.7. The summed E-state index contributed by atoms with van der Waals surface area (Å²) in [7, 11) is 0. The van der Waals surface area contributed by atoms with Crippen LogP contribution in [-0.4, -0.2) is 19.5 Å². The molecule has 0 amide bonds. The molecule has 5 nitrogen and oxygen atoms in total. The molecule has 0 atom stereocenters. The third-order valence-corrected chi connectivity index (χ3v) is 11.5. The van der Waals surface area contributed by atoms with Gasteiger partial charge in [0, 0.05) is 32.8 Å². The van der Waals surface area contributed by atoms with Crippen molar-refractivity contribution in [2.75, 3.05) is 0 Å². The van der Waals surface area contributed by atoms with Crippen LogP contribution in [0.15, 0.2) is 199 Å². The van der Waals surface area contributed by atoms with Crippen molar-refractivity contribution in [3.63, 3.8) is 0 Å². The predicted octanol–water partition coefficient (Wildman–Crippen LogP) is 13.8. The van der Waals surface area contributed by atoms with E-state index in [1.165, 1.54) is 32.5 Å². The highest BCUT2D eigenvalue weighted by molar-refractivity contribution is 6.29. The Labute approximate surface area is 333 Å². The first-order valence-electron chi connectivity index (χ1n) is 19.5. The standard InChI is InChI=1S/C53H32N4O/c1-4-13-33(14-5-1)37-24-26-48-46(29-37)47-31-44-41-21-11-10-20-40(41)43-30-38(39-22-12-19-34-27-28-58-50(34)39)23-25-42(43)45(44)32-49(47)57(48)53-55-51(35-15-6-2-7-16-35)54-52(56-53)36-17-8-3-9-18-36/h1-32H. The highest BCUT2D eigenvalue weighted by Crippen LogP contribution is 2.43. The summed E-state index contributed by atoms with van der Waals surface area (Å²) in [5.74, 6) is 1.81. The molecule has 12 rings (SSSR count). The molecule has 0 aliphatic carbocycles. The molecule has 12 aromatic rings. The minimum atomic E-state index is 0.568. The molecule has 0 N–H and O–H groups in total. The van der Waals surface area contributed by atoms with Crippen LogP contribution < -0.4 is 0 Å². The molecule has 0 aliphatic heterocycles. The second kappa shape index (κ2) is 12.8. The van der Waals surface area contributed by atoms with Crippen LogP contribution in [0.25, 0.3) is 116 Å². The Morgan fingerprint density at radius 2 is 0.914 bits per heavy atom. The molecule has 5 heteroatoms. The molecule has 58 heavy (non-hydrogen) atoms. The number of aromatic nitrogens is 4. The summed E-state index contributed by atoms with van der Waals surface area (Å²) >= 11 is 0. The quantitative estimate of drug-likeness (QED) is 0.165. The Hall–Kier alpha value is -7.89. The van der Waals surface area contributed by atoms with Gasteiger partial charge in [0.05, 0.1) is 17.3 Å². The molecule has 0 unspecified atom stereocenters. The van der Waals surface area contributed by atoms with Gasteiger partial charge in [-0.15, -0.1) is 0 Å². The van der Waals surface area contributed by atoms with Crippen molar-refractivity contribution < 1.29 is 4.42 Å². The lowest BCUT2D eigenvalue weighted by Crippen LogP contribution is -2.06. The lowest BCUT2D eigenvalue weighted by atomic mass is 9.91. The highest BCUT2D eigenvalue weighted by atomic mass is 16.3. The van der Waals surface area contributed by atoms with Crippen LogP contribution in [0.3, 0.4) is 0 Å². The maximum Gasteiger partial charge on any atom is 0.238 e. The molecule has 0 radical (unpaired) electrons. The van der Waals surface area contributed by atoms with Crippen molar-refractivity contribution >= 4 is 65.1 Å². The van der Waals surface area contributed by atoms with E-state index in [1.807, 2.05) is 42.5 Å². The van der Waals surface area contributed by atoms with Crippen LogP contribution in [0, 0.1) is 0 Å². The zero-order valence-corrected chi connectivity index (χ0v) is 31.2. The van der Waals surface area contributed by atoms with E-state index in [9.17, 15) is 0 Å². The van der Waals surface area contributed by atoms with E-state index in [0.717, 1.165) is 66.0 Å². The summed E-state index contributed by atoms with van der Waals surface area (Å²) < 4.78 is 8.22. The van der Waals surface area contributed by atoms with Gasteiger partial charge in [0.1, 0.15) is 5.58 Å². The number of fused-ring (bicyclic) bond motifs is 10. The fourth-order valence-electron chi connectivity index (χ4n) is 8.78. The summed E-state index contributed by atoms with van der Waals surface area (Å²) in [6.07, 6.45) is 1.77. The van der Waals surface area contributed by atoms with Gasteiger partial charge in [0.25, 0.3) is 0 Å². The Morgan fingerprint density at radius 1 is 0.345 bits per heavy atom. The van der Waals surface area contributed by atoms with Gasteiger partial charge in [-0.3, -0.25) is 4.57 Å². The largest absolute Gasteiger partial charge is 0.464 e. The number of hydrogen-bond donors (Lipinski definition) is 0. The van der Waals surface area contributed by atoms with Crippen LogP contribution in [0.1, 0.15) is 0 Å². The van der Waals surface area contributed by atoms with E-state index in [2.05, 4.69) is 150 Å². The number of furan rings is 1. The smallest absolute Gasteiger partial charge is 0.238 e. The van der Waals surface area contributed by atoms with Gasteiger partial charge < -0.3 is 4.42 Å². The molecule has 9 aromatic carbocycles. The predicted molar refractivity (Wildman–Crippen MR) is 238 cm³/mol. The van der Waals surface area contributed by atoms with E-state index in [1.54, 1.807) is 6.26 Å². The Balaban J connectivity index is 1.19. The van der Waals surface area contributed by atoms with E-state index >= 15 is 0 Å². The summed E-state index contributed by atoms with van der Waals surface area (Å²) in [5, 5.41) is 10.5. The third-order valence-electron chi connectivity index (χ3n) is 11.5. The first-order valence-corrected chi connectivity index (χ1v) is 19.5. The molecule has 3 heterocycles. The number of para-hydroxylation sites is 1. The van der Waals surface area contributed by atoms with Gasteiger partial charge in [-0.1, -0.05) is 152 Å². The summed E-state index contributed by atoms with van der Waals surface area (Å²) in [5.41, 5.74) is 9.33. The summed E-state index contributed by atoms with van der Waals surface area (Å²) in [6.45, 7) is 0. The minimum absolute atomic E-state index is 0.568. The molecule has 3 aromatic heterocycles. The maximum absolute atomic E-state index is 6.00. The van der Waals surface area contributed by atoms with Crippen molar-refractivity contribution in [3.05, 3.63) is 194 Å². The van der Waals surface area contributed by atoms with E-state index in [4.69, 9.17) is 19.4 Å². The lowest BCUT2D eigenvalue weighted by molar-refractivity contribution is 0.617. The molecular weight excluding hydrogens is 709 g/mol. The van der Waals surface area contributed by atoms with Crippen molar-refractivity contribution in [2.24, 2.45) is 0 Å². The molecule has 0 spiro atoms. The Kier molecular flexibility index (Phi) is 7.16. The van der Waals surface area contributed by atoms with Crippen LogP contribution in [0.5, 0.6) is 0 Å². The average molecular weight is 741 g/mol. The molecular formula is C53H32N4O. The van der Waals surface area contributed by atoms with Gasteiger partial charge in [-0.05, 0) is 85.4 Å². The number of nitrogens with zero attached hydrogens (tertiary/aromatic N) is 4. The van der Waals surface area contributed by atoms with Crippen LogP contribution in [0.4, 0.5) is 0 Å². The van der Waals surface area contributed by atoms with Gasteiger partial charge in [-0.2, -0.15) is 9.97 Å². The number of rotatable bonds is 5. The average Bonchev–Trinajstić information content (AvgIpc) is 3.92. The van der Waals surface area contributed by atoms with Gasteiger partial charge in [0.2, 0.25) is 5.95 Å². The molecule has 0 aliphatic rings. The van der Waals surface area contributed by atoms with Crippen molar-refractivity contribution in [1.82, 2.24) is 19.5 Å². The molecule has 0 saturated heterocycles. The zero-order chi connectivity index (χ0) is 38.2. The lowest BCUT2D eigenvalue weighted by Gasteiger charge is -2.14.